The average Bonchev–Trinajstić information content (AvgIpc) is 2.73. The van der Waals surface area contributed by atoms with Gasteiger partial charge >= 0.3 is 6.18 Å². The van der Waals surface area contributed by atoms with Crippen LogP contribution in [-0.4, -0.2) is 5.78 Å². The molecule has 2 rings (SSSR count). The predicted molar refractivity (Wildman–Crippen MR) is 79.2 cm³/mol. The molecule has 2 aromatic rings. The molecule has 0 saturated heterocycles. The molecular weight excluding hydrogens is 421 g/mol. The van der Waals surface area contributed by atoms with Gasteiger partial charge in [-0.05, 0) is 46.3 Å². The van der Waals surface area contributed by atoms with E-state index in [2.05, 4.69) is 31.9 Å². The molecule has 0 radical (unpaired) electrons. The number of alkyl halides is 3. The Kier molecular flexibility index (Phi) is 4.71. The number of hydrogen-bond acceptors (Lipinski definition) is 2. The second-order valence-electron chi connectivity index (χ2n) is 4.00. The summed E-state index contributed by atoms with van der Waals surface area (Å²) in [6, 6.07) is 6.65. The summed E-state index contributed by atoms with van der Waals surface area (Å²) in [7, 11) is 0. The topological polar surface area (TPSA) is 17.1 Å². The van der Waals surface area contributed by atoms with Crippen molar-refractivity contribution < 1.29 is 18.0 Å². The molecule has 7 heteroatoms. The van der Waals surface area contributed by atoms with Crippen LogP contribution in [0, 0.1) is 0 Å². The number of ketones is 1. The molecule has 1 aromatic heterocycles. The van der Waals surface area contributed by atoms with Crippen LogP contribution >= 0.6 is 43.2 Å². The Hall–Kier alpha value is -0.660. The van der Waals surface area contributed by atoms with E-state index in [1.165, 1.54) is 17.4 Å². The van der Waals surface area contributed by atoms with Gasteiger partial charge in [-0.3, -0.25) is 4.79 Å². The van der Waals surface area contributed by atoms with Crippen molar-refractivity contribution in [1.29, 1.82) is 0 Å². The zero-order chi connectivity index (χ0) is 14.9. The Morgan fingerprint density at radius 3 is 2.40 bits per heavy atom. The summed E-state index contributed by atoms with van der Waals surface area (Å²) in [5.41, 5.74) is -0.777. The summed E-state index contributed by atoms with van der Waals surface area (Å²) in [6.45, 7) is 0. The van der Waals surface area contributed by atoms with E-state index in [0.29, 0.717) is 4.47 Å². The van der Waals surface area contributed by atoms with E-state index in [0.717, 1.165) is 20.8 Å². The number of thiophene rings is 1. The van der Waals surface area contributed by atoms with E-state index in [4.69, 9.17) is 0 Å². The van der Waals surface area contributed by atoms with E-state index < -0.39 is 11.7 Å². The van der Waals surface area contributed by atoms with Crippen LogP contribution < -0.4 is 0 Å². The quantitative estimate of drug-likeness (QED) is 0.572. The molecule has 0 aliphatic rings. The minimum Gasteiger partial charge on any atom is -0.294 e. The van der Waals surface area contributed by atoms with Crippen molar-refractivity contribution >= 4 is 49.0 Å². The van der Waals surface area contributed by atoms with Crippen LogP contribution in [0.5, 0.6) is 0 Å². The van der Waals surface area contributed by atoms with Crippen molar-refractivity contribution in [2.45, 2.75) is 12.6 Å². The lowest BCUT2D eigenvalue weighted by molar-refractivity contribution is -0.137. The molecule has 1 aromatic carbocycles. The maximum absolute atomic E-state index is 12.7. The smallest absolute Gasteiger partial charge is 0.294 e. The molecule has 106 valence electrons. The van der Waals surface area contributed by atoms with Crippen LogP contribution in [0.3, 0.4) is 0 Å². The maximum atomic E-state index is 12.7. The number of carbonyl (C=O) groups excluding carboxylic acids is 1. The molecule has 1 heterocycles. The molecule has 0 amide bonds. The number of halogens is 5. The van der Waals surface area contributed by atoms with Crippen molar-refractivity contribution in [3.63, 3.8) is 0 Å². The van der Waals surface area contributed by atoms with Gasteiger partial charge < -0.3 is 0 Å². The van der Waals surface area contributed by atoms with Crippen molar-refractivity contribution in [1.82, 2.24) is 0 Å². The first-order valence-corrected chi connectivity index (χ1v) is 7.82. The van der Waals surface area contributed by atoms with E-state index in [1.807, 2.05) is 0 Å². The third kappa shape index (κ3) is 3.71. The first-order valence-electron chi connectivity index (χ1n) is 5.41. The highest BCUT2D eigenvalue weighted by atomic mass is 79.9. The van der Waals surface area contributed by atoms with Crippen molar-refractivity contribution in [3.05, 3.63) is 54.6 Å². The van der Waals surface area contributed by atoms with Gasteiger partial charge in [0.05, 0.1) is 9.35 Å². The normalized spacial score (nSPS) is 11.7. The van der Waals surface area contributed by atoms with Gasteiger partial charge in [0.2, 0.25) is 0 Å². The Morgan fingerprint density at radius 2 is 1.85 bits per heavy atom. The number of hydrogen-bond donors (Lipinski definition) is 0. The van der Waals surface area contributed by atoms with Crippen LogP contribution in [0.1, 0.15) is 20.8 Å². The standard InChI is InChI=1S/C13H7Br2F3OS/c14-10-3-1-7(13(16,17)18)5-9(10)11(19)6-8-2-4-12(15)20-8/h1-5H,6H2. The first-order chi connectivity index (χ1) is 9.27. The van der Waals surface area contributed by atoms with E-state index >= 15 is 0 Å². The molecule has 0 spiro atoms. The third-order valence-electron chi connectivity index (χ3n) is 2.56. The minimum atomic E-state index is -4.46. The van der Waals surface area contributed by atoms with Gasteiger partial charge in [0.15, 0.2) is 5.78 Å². The second-order valence-corrected chi connectivity index (χ2v) is 7.40. The average molecular weight is 428 g/mol. The number of Topliss-reactive ketones (excluding diaryl/α,β-unsaturated/α-hetero) is 1. The first kappa shape index (κ1) is 15.7. The number of carbonyl (C=O) groups is 1. The van der Waals surface area contributed by atoms with E-state index in [9.17, 15) is 18.0 Å². The molecule has 0 N–H and O–H groups in total. The van der Waals surface area contributed by atoms with Crippen LogP contribution in [-0.2, 0) is 12.6 Å². The van der Waals surface area contributed by atoms with Gasteiger partial charge in [0.25, 0.3) is 0 Å². The SMILES string of the molecule is O=C(Cc1ccc(Br)s1)c1cc(C(F)(F)F)ccc1Br. The van der Waals surface area contributed by atoms with Gasteiger partial charge in [0, 0.05) is 21.3 Å². The van der Waals surface area contributed by atoms with Crippen molar-refractivity contribution in [2.75, 3.05) is 0 Å². The zero-order valence-corrected chi connectivity index (χ0v) is 13.8. The highest BCUT2D eigenvalue weighted by molar-refractivity contribution is 9.11. The lowest BCUT2D eigenvalue weighted by Crippen LogP contribution is -2.09. The number of benzene rings is 1. The largest absolute Gasteiger partial charge is 0.416 e. The fourth-order valence-electron chi connectivity index (χ4n) is 1.62. The fraction of sp³-hybridized carbons (Fsp3) is 0.154. The highest BCUT2D eigenvalue weighted by Crippen LogP contribution is 2.32. The monoisotopic (exact) mass is 426 g/mol. The molecule has 0 aliphatic heterocycles. The molecule has 0 atom stereocenters. The van der Waals surface area contributed by atoms with E-state index in [1.54, 1.807) is 12.1 Å². The predicted octanol–water partition coefficient (Wildman–Crippen LogP) is 5.72. The Bertz CT molecular complexity index is 649. The molecule has 0 bridgehead atoms. The summed E-state index contributed by atoms with van der Waals surface area (Å²) in [5, 5.41) is 0. The highest BCUT2D eigenvalue weighted by Gasteiger charge is 2.31. The lowest BCUT2D eigenvalue weighted by Gasteiger charge is -2.09. The lowest BCUT2D eigenvalue weighted by atomic mass is 10.0. The van der Waals surface area contributed by atoms with Crippen molar-refractivity contribution in [3.8, 4) is 0 Å². The number of rotatable bonds is 3. The fourth-order valence-corrected chi connectivity index (χ4v) is 3.57. The van der Waals surface area contributed by atoms with Crippen molar-refractivity contribution in [2.24, 2.45) is 0 Å². The Morgan fingerprint density at radius 1 is 1.15 bits per heavy atom. The molecule has 0 aliphatic carbocycles. The summed E-state index contributed by atoms with van der Waals surface area (Å²) in [6.07, 6.45) is -4.38. The van der Waals surface area contributed by atoms with Gasteiger partial charge in [-0.1, -0.05) is 15.9 Å². The van der Waals surface area contributed by atoms with Gasteiger partial charge in [0.1, 0.15) is 0 Å². The van der Waals surface area contributed by atoms with Crippen LogP contribution in [0.15, 0.2) is 38.6 Å². The molecular formula is C13H7Br2F3OS. The minimum absolute atomic E-state index is 0.0457. The summed E-state index contributed by atoms with van der Waals surface area (Å²) >= 11 is 7.79. The molecule has 1 nitrogen and oxygen atoms in total. The molecule has 0 fully saturated rings. The van der Waals surface area contributed by atoms with Gasteiger partial charge in [-0.15, -0.1) is 11.3 Å². The van der Waals surface area contributed by atoms with Crippen LogP contribution in [0.4, 0.5) is 13.2 Å². The zero-order valence-electron chi connectivity index (χ0n) is 9.80. The van der Waals surface area contributed by atoms with E-state index in [-0.39, 0.29) is 17.8 Å². The summed E-state index contributed by atoms with van der Waals surface area (Å²) < 4.78 is 39.2. The second kappa shape index (κ2) is 5.99. The summed E-state index contributed by atoms with van der Waals surface area (Å²) in [5.74, 6) is -0.350. The Balaban J connectivity index is 2.29. The van der Waals surface area contributed by atoms with Crippen LogP contribution in [0.2, 0.25) is 0 Å². The molecule has 0 saturated carbocycles. The maximum Gasteiger partial charge on any atom is 0.416 e. The Labute approximate surface area is 134 Å². The molecule has 20 heavy (non-hydrogen) atoms. The van der Waals surface area contributed by atoms with Gasteiger partial charge in [-0.2, -0.15) is 13.2 Å². The third-order valence-corrected chi connectivity index (χ3v) is 4.87. The van der Waals surface area contributed by atoms with Crippen LogP contribution in [0.25, 0.3) is 0 Å². The molecule has 0 unspecified atom stereocenters. The summed E-state index contributed by atoms with van der Waals surface area (Å²) in [4.78, 5) is 12.9. The van der Waals surface area contributed by atoms with Gasteiger partial charge in [-0.25, -0.2) is 0 Å².